The van der Waals surface area contributed by atoms with Gasteiger partial charge < -0.3 is 10.6 Å². The van der Waals surface area contributed by atoms with Crippen LogP contribution in [0.3, 0.4) is 0 Å². The van der Waals surface area contributed by atoms with Crippen LogP contribution in [0.15, 0.2) is 0 Å². The third kappa shape index (κ3) is 3.00. The second-order valence-corrected chi connectivity index (χ2v) is 7.45. The van der Waals surface area contributed by atoms with Gasteiger partial charge in [0, 0.05) is 6.04 Å². The summed E-state index contributed by atoms with van der Waals surface area (Å²) >= 11 is 0. The lowest BCUT2D eigenvalue weighted by Crippen LogP contribution is -2.40. The zero-order valence-electron chi connectivity index (χ0n) is 12.6. The molecular formula is C17H32N2. The number of nitrogens with two attached hydrogens (primary N) is 1. The topological polar surface area (TPSA) is 29.3 Å². The van der Waals surface area contributed by atoms with Gasteiger partial charge in [0.1, 0.15) is 0 Å². The molecule has 3 rings (SSSR count). The predicted octanol–water partition coefficient (Wildman–Crippen LogP) is 3.55. The van der Waals surface area contributed by atoms with E-state index in [4.69, 9.17) is 5.73 Å². The first-order chi connectivity index (χ1) is 9.33. The Morgan fingerprint density at radius 2 is 1.74 bits per heavy atom. The lowest BCUT2D eigenvalue weighted by molar-refractivity contribution is 0.123. The molecule has 0 aromatic rings. The van der Waals surface area contributed by atoms with Crippen molar-refractivity contribution in [2.24, 2.45) is 17.1 Å². The van der Waals surface area contributed by atoms with Crippen LogP contribution in [0.2, 0.25) is 0 Å². The number of nitrogens with zero attached hydrogens (tertiary/aromatic N) is 1. The van der Waals surface area contributed by atoms with Gasteiger partial charge in [0.15, 0.2) is 0 Å². The summed E-state index contributed by atoms with van der Waals surface area (Å²) in [6.07, 6.45) is 15.8. The summed E-state index contributed by atoms with van der Waals surface area (Å²) < 4.78 is 0. The molecule has 0 aromatic heterocycles. The van der Waals surface area contributed by atoms with E-state index in [1.807, 2.05) is 0 Å². The summed E-state index contributed by atoms with van der Waals surface area (Å²) in [5.41, 5.74) is 6.64. The van der Waals surface area contributed by atoms with Crippen LogP contribution < -0.4 is 5.73 Å². The fourth-order valence-electron chi connectivity index (χ4n) is 5.02. The Morgan fingerprint density at radius 3 is 2.53 bits per heavy atom. The zero-order valence-corrected chi connectivity index (χ0v) is 12.6. The lowest BCUT2D eigenvalue weighted by atomic mass is 9.71. The lowest BCUT2D eigenvalue weighted by Gasteiger charge is -2.39. The van der Waals surface area contributed by atoms with E-state index in [0.29, 0.717) is 5.41 Å². The minimum absolute atomic E-state index is 0.505. The molecule has 0 bridgehead atoms. The smallest absolute Gasteiger partial charge is 0.0124 e. The van der Waals surface area contributed by atoms with E-state index in [9.17, 15) is 0 Å². The van der Waals surface area contributed by atoms with Crippen LogP contribution in [0.1, 0.15) is 70.6 Å². The number of fused-ring (bicyclic) bond motifs is 1. The highest BCUT2D eigenvalue weighted by Gasteiger charge is 2.37. The van der Waals surface area contributed by atoms with E-state index < -0.39 is 0 Å². The van der Waals surface area contributed by atoms with Gasteiger partial charge in [-0.3, -0.25) is 0 Å². The molecule has 3 aliphatic rings. The first-order valence-electron chi connectivity index (χ1n) is 8.77. The molecule has 2 saturated carbocycles. The van der Waals surface area contributed by atoms with Crippen LogP contribution in [0.4, 0.5) is 0 Å². The summed E-state index contributed by atoms with van der Waals surface area (Å²) in [7, 11) is 0. The molecule has 2 heteroatoms. The Balaban J connectivity index is 1.53. The molecule has 0 amide bonds. The maximum absolute atomic E-state index is 6.14. The van der Waals surface area contributed by atoms with Gasteiger partial charge in [0.25, 0.3) is 0 Å². The van der Waals surface area contributed by atoms with Crippen molar-refractivity contribution in [1.82, 2.24) is 4.90 Å². The third-order valence-corrected chi connectivity index (χ3v) is 6.40. The molecule has 0 aromatic carbocycles. The van der Waals surface area contributed by atoms with Gasteiger partial charge in [-0.1, -0.05) is 32.1 Å². The molecule has 2 aliphatic carbocycles. The van der Waals surface area contributed by atoms with Crippen molar-refractivity contribution in [3.8, 4) is 0 Å². The van der Waals surface area contributed by atoms with Crippen molar-refractivity contribution in [3.63, 3.8) is 0 Å². The molecule has 3 fully saturated rings. The molecule has 2 atom stereocenters. The first-order valence-corrected chi connectivity index (χ1v) is 8.77. The number of hydrogen-bond acceptors (Lipinski definition) is 2. The van der Waals surface area contributed by atoms with Gasteiger partial charge in [0.05, 0.1) is 0 Å². The van der Waals surface area contributed by atoms with Crippen LogP contribution in [0.5, 0.6) is 0 Å². The Kier molecular flexibility index (Phi) is 4.48. The molecule has 2 unspecified atom stereocenters. The molecule has 0 spiro atoms. The number of likely N-dealkylation sites (tertiary alicyclic amines) is 1. The summed E-state index contributed by atoms with van der Waals surface area (Å²) in [6.45, 7) is 3.63. The van der Waals surface area contributed by atoms with E-state index in [0.717, 1.165) is 18.5 Å². The second-order valence-electron chi connectivity index (χ2n) is 7.45. The minimum atomic E-state index is 0.505. The summed E-state index contributed by atoms with van der Waals surface area (Å²) in [5, 5.41) is 0. The molecule has 2 nitrogen and oxygen atoms in total. The van der Waals surface area contributed by atoms with Gasteiger partial charge in [0.2, 0.25) is 0 Å². The fourth-order valence-corrected chi connectivity index (χ4v) is 5.02. The van der Waals surface area contributed by atoms with Crippen LogP contribution in [-0.2, 0) is 0 Å². The first kappa shape index (κ1) is 13.9. The molecule has 1 saturated heterocycles. The highest BCUT2D eigenvalue weighted by Crippen LogP contribution is 2.41. The molecule has 1 heterocycles. The van der Waals surface area contributed by atoms with E-state index in [1.165, 1.54) is 83.7 Å². The van der Waals surface area contributed by atoms with Crippen molar-refractivity contribution < 1.29 is 0 Å². The highest BCUT2D eigenvalue weighted by atomic mass is 15.2. The maximum Gasteiger partial charge on any atom is 0.0124 e. The second kappa shape index (κ2) is 6.13. The van der Waals surface area contributed by atoms with E-state index in [1.54, 1.807) is 0 Å². The standard InChI is InChI=1S/C17H32N2/c18-14-17(9-4-1-5-10-17)11-13-19-12-8-15-6-2-3-7-16(15)19/h15-16H,1-14,18H2. The monoisotopic (exact) mass is 264 g/mol. The largest absolute Gasteiger partial charge is 0.330 e. The van der Waals surface area contributed by atoms with E-state index in [2.05, 4.69) is 4.90 Å². The van der Waals surface area contributed by atoms with Crippen LogP contribution >= 0.6 is 0 Å². The van der Waals surface area contributed by atoms with Crippen molar-refractivity contribution in [2.75, 3.05) is 19.6 Å². The van der Waals surface area contributed by atoms with Gasteiger partial charge in [-0.2, -0.15) is 0 Å². The Hall–Kier alpha value is -0.0800. The average molecular weight is 264 g/mol. The van der Waals surface area contributed by atoms with E-state index in [-0.39, 0.29) is 0 Å². The van der Waals surface area contributed by atoms with Gasteiger partial charge in [-0.15, -0.1) is 0 Å². The zero-order chi connectivity index (χ0) is 13.1. The van der Waals surface area contributed by atoms with Crippen LogP contribution in [0.25, 0.3) is 0 Å². The average Bonchev–Trinajstić information content (AvgIpc) is 2.89. The summed E-state index contributed by atoms with van der Waals surface area (Å²) in [5.74, 6) is 1.04. The predicted molar refractivity (Wildman–Crippen MR) is 81.1 cm³/mol. The van der Waals surface area contributed by atoms with Crippen LogP contribution in [-0.4, -0.2) is 30.6 Å². The number of hydrogen-bond donors (Lipinski definition) is 1. The molecule has 2 N–H and O–H groups in total. The van der Waals surface area contributed by atoms with Crippen molar-refractivity contribution in [2.45, 2.75) is 76.7 Å². The Labute approximate surface area is 119 Å². The molecule has 0 radical (unpaired) electrons. The summed E-state index contributed by atoms with van der Waals surface area (Å²) in [6, 6.07) is 0.937. The van der Waals surface area contributed by atoms with Crippen molar-refractivity contribution >= 4 is 0 Å². The minimum Gasteiger partial charge on any atom is -0.330 e. The van der Waals surface area contributed by atoms with Gasteiger partial charge in [-0.05, 0) is 69.5 Å². The third-order valence-electron chi connectivity index (χ3n) is 6.40. The summed E-state index contributed by atoms with van der Waals surface area (Å²) in [4.78, 5) is 2.83. The fraction of sp³-hybridized carbons (Fsp3) is 1.00. The Bertz CT molecular complexity index is 283. The molecule has 110 valence electrons. The molecule has 1 aliphatic heterocycles. The van der Waals surface area contributed by atoms with Crippen molar-refractivity contribution in [1.29, 1.82) is 0 Å². The van der Waals surface area contributed by atoms with Gasteiger partial charge in [-0.25, -0.2) is 0 Å². The number of rotatable bonds is 4. The van der Waals surface area contributed by atoms with Gasteiger partial charge >= 0.3 is 0 Å². The van der Waals surface area contributed by atoms with E-state index >= 15 is 0 Å². The molecular weight excluding hydrogens is 232 g/mol. The van der Waals surface area contributed by atoms with Crippen molar-refractivity contribution in [3.05, 3.63) is 0 Å². The highest BCUT2D eigenvalue weighted by molar-refractivity contribution is 4.92. The SMILES string of the molecule is NCC1(CCN2CCC3CCCCC32)CCCCC1. The normalized spacial score (nSPS) is 35.2. The quantitative estimate of drug-likeness (QED) is 0.841. The Morgan fingerprint density at radius 1 is 0.947 bits per heavy atom. The maximum atomic E-state index is 6.14. The molecule has 19 heavy (non-hydrogen) atoms. The van der Waals surface area contributed by atoms with Crippen LogP contribution in [0, 0.1) is 11.3 Å².